The molecular formula is C17H24N2O. The molecule has 1 aromatic carbocycles. The van der Waals surface area contributed by atoms with E-state index < -0.39 is 6.10 Å². The number of hydrogen-bond acceptors (Lipinski definition) is 3. The summed E-state index contributed by atoms with van der Waals surface area (Å²) in [7, 11) is 0. The van der Waals surface area contributed by atoms with E-state index in [1.54, 1.807) is 12.1 Å². The molecule has 0 amide bonds. The molecule has 1 aliphatic carbocycles. The van der Waals surface area contributed by atoms with Crippen molar-refractivity contribution >= 4 is 0 Å². The zero-order chi connectivity index (χ0) is 14.5. The molecule has 0 aliphatic heterocycles. The Kier molecular flexibility index (Phi) is 5.17. The van der Waals surface area contributed by atoms with Crippen LogP contribution < -0.4 is 5.32 Å². The summed E-state index contributed by atoms with van der Waals surface area (Å²) >= 11 is 0. The molecule has 1 fully saturated rings. The van der Waals surface area contributed by atoms with Gasteiger partial charge in [0.25, 0.3) is 0 Å². The third-order valence-electron chi connectivity index (χ3n) is 4.43. The molecule has 0 spiro atoms. The molecule has 108 valence electrons. The van der Waals surface area contributed by atoms with Crippen LogP contribution in [0.3, 0.4) is 0 Å². The summed E-state index contributed by atoms with van der Waals surface area (Å²) in [6.07, 6.45) is 3.23. The van der Waals surface area contributed by atoms with Crippen molar-refractivity contribution in [2.45, 2.75) is 45.3 Å². The van der Waals surface area contributed by atoms with Gasteiger partial charge in [0.2, 0.25) is 0 Å². The van der Waals surface area contributed by atoms with Crippen LogP contribution >= 0.6 is 0 Å². The van der Waals surface area contributed by atoms with Crippen molar-refractivity contribution in [3.05, 3.63) is 35.4 Å². The van der Waals surface area contributed by atoms with Crippen LogP contribution in [-0.2, 0) is 0 Å². The number of rotatable bonds is 4. The SMILES string of the molecule is CC1CCC(NCC(O)c2ccc(C#N)cc2)C(C)C1. The Morgan fingerprint density at radius 3 is 2.60 bits per heavy atom. The lowest BCUT2D eigenvalue weighted by Gasteiger charge is -2.33. The van der Waals surface area contributed by atoms with Gasteiger partial charge in [0.15, 0.2) is 0 Å². The minimum Gasteiger partial charge on any atom is -0.387 e. The summed E-state index contributed by atoms with van der Waals surface area (Å²) in [5.74, 6) is 1.50. The van der Waals surface area contributed by atoms with E-state index in [4.69, 9.17) is 5.26 Å². The van der Waals surface area contributed by atoms with Gasteiger partial charge >= 0.3 is 0 Å². The van der Waals surface area contributed by atoms with Crippen molar-refractivity contribution in [3.63, 3.8) is 0 Å². The maximum Gasteiger partial charge on any atom is 0.0991 e. The molecule has 1 aliphatic rings. The van der Waals surface area contributed by atoms with E-state index in [9.17, 15) is 5.11 Å². The van der Waals surface area contributed by atoms with E-state index in [2.05, 4.69) is 25.2 Å². The first-order valence-electron chi connectivity index (χ1n) is 7.51. The second-order valence-corrected chi connectivity index (χ2v) is 6.16. The van der Waals surface area contributed by atoms with E-state index in [0.29, 0.717) is 24.1 Å². The predicted octanol–water partition coefficient (Wildman–Crippen LogP) is 3.01. The second-order valence-electron chi connectivity index (χ2n) is 6.16. The van der Waals surface area contributed by atoms with Crippen molar-refractivity contribution in [2.24, 2.45) is 11.8 Å². The van der Waals surface area contributed by atoms with Gasteiger partial charge in [-0.1, -0.05) is 26.0 Å². The smallest absolute Gasteiger partial charge is 0.0991 e. The Morgan fingerprint density at radius 1 is 1.30 bits per heavy atom. The lowest BCUT2D eigenvalue weighted by Crippen LogP contribution is -2.40. The number of aliphatic hydroxyl groups excluding tert-OH is 1. The van der Waals surface area contributed by atoms with Crippen LogP contribution in [0, 0.1) is 23.2 Å². The van der Waals surface area contributed by atoms with Crippen LogP contribution in [0.2, 0.25) is 0 Å². The number of aliphatic hydroxyl groups is 1. The summed E-state index contributed by atoms with van der Waals surface area (Å²) in [6, 6.07) is 9.77. The highest BCUT2D eigenvalue weighted by Crippen LogP contribution is 2.28. The Morgan fingerprint density at radius 2 is 2.00 bits per heavy atom. The lowest BCUT2D eigenvalue weighted by molar-refractivity contribution is 0.150. The fraction of sp³-hybridized carbons (Fsp3) is 0.588. The Hall–Kier alpha value is -1.37. The molecule has 0 heterocycles. The van der Waals surface area contributed by atoms with Gasteiger partial charge in [0.1, 0.15) is 0 Å². The number of nitrogens with zero attached hydrogens (tertiary/aromatic N) is 1. The normalized spacial score (nSPS) is 27.8. The molecule has 2 rings (SSSR count). The van der Waals surface area contributed by atoms with Crippen LogP contribution in [0.15, 0.2) is 24.3 Å². The minimum absolute atomic E-state index is 0.505. The molecule has 1 aromatic rings. The highest BCUT2D eigenvalue weighted by atomic mass is 16.3. The average Bonchev–Trinajstić information content (AvgIpc) is 2.46. The van der Waals surface area contributed by atoms with Gasteiger partial charge in [-0.05, 0) is 48.8 Å². The summed E-state index contributed by atoms with van der Waals surface area (Å²) in [6.45, 7) is 5.19. The van der Waals surface area contributed by atoms with Gasteiger partial charge in [-0.3, -0.25) is 0 Å². The minimum atomic E-state index is -0.505. The van der Waals surface area contributed by atoms with Crippen molar-refractivity contribution < 1.29 is 5.11 Å². The molecule has 20 heavy (non-hydrogen) atoms. The molecule has 3 heteroatoms. The predicted molar refractivity (Wildman–Crippen MR) is 80.1 cm³/mol. The van der Waals surface area contributed by atoms with E-state index in [1.165, 1.54) is 19.3 Å². The molecule has 0 saturated heterocycles. The van der Waals surface area contributed by atoms with Crippen LogP contribution in [-0.4, -0.2) is 17.7 Å². The Balaban J connectivity index is 1.85. The average molecular weight is 272 g/mol. The largest absolute Gasteiger partial charge is 0.387 e. The van der Waals surface area contributed by atoms with Crippen LogP contribution in [0.4, 0.5) is 0 Å². The second kappa shape index (κ2) is 6.88. The fourth-order valence-electron chi connectivity index (χ4n) is 3.13. The summed E-state index contributed by atoms with van der Waals surface area (Å²) in [4.78, 5) is 0. The first-order chi connectivity index (χ1) is 9.60. The van der Waals surface area contributed by atoms with Crippen molar-refractivity contribution in [2.75, 3.05) is 6.54 Å². The molecular weight excluding hydrogens is 248 g/mol. The Bertz CT molecular complexity index is 463. The van der Waals surface area contributed by atoms with E-state index in [0.717, 1.165) is 11.5 Å². The number of hydrogen-bond donors (Lipinski definition) is 2. The van der Waals surface area contributed by atoms with Crippen LogP contribution in [0.25, 0.3) is 0 Å². The number of nitriles is 1. The van der Waals surface area contributed by atoms with Crippen molar-refractivity contribution in [3.8, 4) is 6.07 Å². The quantitative estimate of drug-likeness (QED) is 0.886. The van der Waals surface area contributed by atoms with E-state index in [1.807, 2.05) is 12.1 Å². The van der Waals surface area contributed by atoms with Gasteiger partial charge in [0.05, 0.1) is 17.7 Å². The molecule has 0 radical (unpaired) electrons. The highest BCUT2D eigenvalue weighted by molar-refractivity contribution is 5.32. The van der Waals surface area contributed by atoms with Gasteiger partial charge in [0, 0.05) is 12.6 Å². The molecule has 0 bridgehead atoms. The van der Waals surface area contributed by atoms with E-state index >= 15 is 0 Å². The van der Waals surface area contributed by atoms with Crippen LogP contribution in [0.5, 0.6) is 0 Å². The van der Waals surface area contributed by atoms with E-state index in [-0.39, 0.29) is 0 Å². The number of benzene rings is 1. The van der Waals surface area contributed by atoms with Crippen molar-refractivity contribution in [1.29, 1.82) is 5.26 Å². The van der Waals surface area contributed by atoms with Gasteiger partial charge in [-0.25, -0.2) is 0 Å². The number of nitrogens with one attached hydrogen (secondary N) is 1. The molecule has 4 unspecified atom stereocenters. The fourth-order valence-corrected chi connectivity index (χ4v) is 3.13. The van der Waals surface area contributed by atoms with Gasteiger partial charge in [-0.2, -0.15) is 5.26 Å². The van der Waals surface area contributed by atoms with Gasteiger partial charge in [-0.15, -0.1) is 0 Å². The molecule has 2 N–H and O–H groups in total. The van der Waals surface area contributed by atoms with Crippen molar-refractivity contribution in [1.82, 2.24) is 5.32 Å². The summed E-state index contributed by atoms with van der Waals surface area (Å²) in [5, 5.41) is 22.5. The topological polar surface area (TPSA) is 56.0 Å². The maximum atomic E-state index is 10.2. The zero-order valence-corrected chi connectivity index (χ0v) is 12.3. The third kappa shape index (κ3) is 3.82. The monoisotopic (exact) mass is 272 g/mol. The first-order valence-corrected chi connectivity index (χ1v) is 7.51. The summed E-state index contributed by atoms with van der Waals surface area (Å²) in [5.41, 5.74) is 1.50. The molecule has 1 saturated carbocycles. The van der Waals surface area contributed by atoms with Crippen LogP contribution in [0.1, 0.15) is 50.3 Å². The highest BCUT2D eigenvalue weighted by Gasteiger charge is 2.25. The molecule has 4 atom stereocenters. The zero-order valence-electron chi connectivity index (χ0n) is 12.3. The Labute approximate surface area is 121 Å². The summed E-state index contributed by atoms with van der Waals surface area (Å²) < 4.78 is 0. The third-order valence-corrected chi connectivity index (χ3v) is 4.43. The molecule has 3 nitrogen and oxygen atoms in total. The standard InChI is InChI=1S/C17H24N2O/c1-12-3-8-16(13(2)9-12)19-11-17(20)15-6-4-14(10-18)5-7-15/h4-7,12-13,16-17,19-20H,3,8-9,11H2,1-2H3. The molecule has 0 aromatic heterocycles. The first kappa shape index (κ1) is 15.0. The lowest BCUT2D eigenvalue weighted by atomic mass is 9.80. The maximum absolute atomic E-state index is 10.2. The van der Waals surface area contributed by atoms with Gasteiger partial charge < -0.3 is 10.4 Å².